The minimum atomic E-state index is 1.02. The van der Waals surface area contributed by atoms with E-state index in [4.69, 9.17) is 0 Å². The van der Waals surface area contributed by atoms with Gasteiger partial charge in [-0.25, -0.2) is 0 Å². The van der Waals surface area contributed by atoms with Gasteiger partial charge in [0, 0.05) is 69.3 Å². The summed E-state index contributed by atoms with van der Waals surface area (Å²) in [6.45, 7) is 2.04. The fourth-order valence-corrected chi connectivity index (χ4v) is 7.91. The van der Waals surface area contributed by atoms with Crippen molar-refractivity contribution >= 4 is 80.1 Å². The normalized spacial score (nSPS) is 11.6. The van der Waals surface area contributed by atoms with E-state index < -0.39 is 0 Å². The Morgan fingerprint density at radius 3 is 1.85 bits per heavy atom. The van der Waals surface area contributed by atoms with Crippen molar-refractivity contribution in [2.45, 2.75) is 6.92 Å². The van der Waals surface area contributed by atoms with Crippen LogP contribution in [0.5, 0.6) is 0 Å². The number of anilines is 3. The Labute approximate surface area is 240 Å². The van der Waals surface area contributed by atoms with E-state index >= 15 is 0 Å². The molecular formula is C36H24N2S2. The molecule has 3 heterocycles. The summed E-state index contributed by atoms with van der Waals surface area (Å²) in [5.74, 6) is 0. The van der Waals surface area contributed by atoms with Gasteiger partial charge in [0.15, 0.2) is 0 Å². The average molecular weight is 549 g/mol. The summed E-state index contributed by atoms with van der Waals surface area (Å²) in [6.07, 6.45) is 1.88. The number of aromatic nitrogens is 1. The van der Waals surface area contributed by atoms with Gasteiger partial charge in [-0.1, -0.05) is 54.6 Å². The molecule has 190 valence electrons. The van der Waals surface area contributed by atoms with Crippen LogP contribution in [0.4, 0.5) is 17.1 Å². The van der Waals surface area contributed by atoms with E-state index in [1.807, 2.05) is 35.8 Å². The van der Waals surface area contributed by atoms with E-state index in [-0.39, 0.29) is 0 Å². The minimum absolute atomic E-state index is 1.02. The van der Waals surface area contributed by atoms with Gasteiger partial charge >= 0.3 is 0 Å². The first-order valence-electron chi connectivity index (χ1n) is 13.4. The highest BCUT2D eigenvalue weighted by atomic mass is 32.1. The number of aryl methyl sites for hydroxylation is 1. The lowest BCUT2D eigenvalue weighted by molar-refractivity contribution is 1.20. The van der Waals surface area contributed by atoms with Crippen molar-refractivity contribution in [3.63, 3.8) is 0 Å². The van der Waals surface area contributed by atoms with Gasteiger partial charge in [-0.3, -0.25) is 4.98 Å². The van der Waals surface area contributed by atoms with Crippen LogP contribution in [0.15, 0.2) is 128 Å². The van der Waals surface area contributed by atoms with Crippen LogP contribution in [0.25, 0.3) is 51.5 Å². The van der Waals surface area contributed by atoms with Crippen molar-refractivity contribution in [3.8, 4) is 11.1 Å². The highest BCUT2D eigenvalue weighted by Gasteiger charge is 2.17. The Hall–Kier alpha value is -4.51. The van der Waals surface area contributed by atoms with E-state index in [0.29, 0.717) is 0 Å². The Bertz CT molecular complexity index is 2190. The van der Waals surface area contributed by atoms with Crippen molar-refractivity contribution < 1.29 is 0 Å². The third kappa shape index (κ3) is 3.88. The molecule has 0 aliphatic rings. The molecule has 0 amide bonds. The SMILES string of the molecule is Cc1cc(-c2ccc(N(c3ccc4c(c3)sc3ccccc34)c3ccc4sc5ccccc5c4c3)cc2)ccn1. The Balaban J connectivity index is 1.31. The third-order valence-corrected chi connectivity index (χ3v) is 9.88. The largest absolute Gasteiger partial charge is 0.310 e. The molecule has 0 saturated carbocycles. The van der Waals surface area contributed by atoms with Gasteiger partial charge in [0.2, 0.25) is 0 Å². The maximum Gasteiger partial charge on any atom is 0.0476 e. The van der Waals surface area contributed by atoms with Crippen LogP contribution in [0.2, 0.25) is 0 Å². The molecule has 2 nitrogen and oxygen atoms in total. The summed E-state index contributed by atoms with van der Waals surface area (Å²) in [5, 5.41) is 5.25. The molecule has 0 saturated heterocycles. The van der Waals surface area contributed by atoms with Crippen LogP contribution >= 0.6 is 22.7 Å². The fraction of sp³-hybridized carbons (Fsp3) is 0.0278. The lowest BCUT2D eigenvalue weighted by atomic mass is 10.0. The lowest BCUT2D eigenvalue weighted by Gasteiger charge is -2.26. The minimum Gasteiger partial charge on any atom is -0.310 e. The molecule has 0 aliphatic heterocycles. The van der Waals surface area contributed by atoms with E-state index in [0.717, 1.165) is 22.8 Å². The molecule has 0 atom stereocenters. The number of hydrogen-bond acceptors (Lipinski definition) is 4. The van der Waals surface area contributed by atoms with Crippen molar-refractivity contribution in [2.24, 2.45) is 0 Å². The monoisotopic (exact) mass is 548 g/mol. The standard InChI is InChI=1S/C36H24N2S2/c1-23-20-25(18-19-37-23)24-10-12-26(13-11-24)38(27-15-17-35-32(21-27)30-7-3-5-9-34(30)39-35)28-14-16-31-29-6-2-4-8-33(29)40-36(31)22-28/h2-22H,1H3. The van der Waals surface area contributed by atoms with Crippen molar-refractivity contribution in [3.05, 3.63) is 133 Å². The van der Waals surface area contributed by atoms with Gasteiger partial charge in [0.25, 0.3) is 0 Å². The molecule has 40 heavy (non-hydrogen) atoms. The third-order valence-electron chi connectivity index (χ3n) is 7.59. The van der Waals surface area contributed by atoms with Crippen LogP contribution in [0.3, 0.4) is 0 Å². The molecule has 3 aromatic heterocycles. The van der Waals surface area contributed by atoms with Gasteiger partial charge in [-0.15, -0.1) is 22.7 Å². The molecule has 0 aliphatic carbocycles. The zero-order chi connectivity index (χ0) is 26.6. The topological polar surface area (TPSA) is 16.1 Å². The zero-order valence-corrected chi connectivity index (χ0v) is 23.5. The van der Waals surface area contributed by atoms with Crippen LogP contribution in [0.1, 0.15) is 5.69 Å². The molecule has 0 bridgehead atoms. The van der Waals surface area contributed by atoms with Crippen LogP contribution in [-0.2, 0) is 0 Å². The summed E-state index contributed by atoms with van der Waals surface area (Å²) in [4.78, 5) is 6.75. The molecule has 0 unspecified atom stereocenters. The molecule has 0 radical (unpaired) electrons. The van der Waals surface area contributed by atoms with Crippen LogP contribution < -0.4 is 4.90 Å². The number of hydrogen-bond donors (Lipinski definition) is 0. The molecule has 8 rings (SSSR count). The molecule has 0 spiro atoms. The van der Waals surface area contributed by atoms with Crippen molar-refractivity contribution in [1.82, 2.24) is 4.98 Å². The second kappa shape index (κ2) is 9.30. The second-order valence-corrected chi connectivity index (χ2v) is 12.3. The molecule has 0 fully saturated rings. The van der Waals surface area contributed by atoms with Gasteiger partial charge in [-0.05, 0) is 84.8 Å². The van der Waals surface area contributed by atoms with Gasteiger partial charge < -0.3 is 4.90 Å². The predicted molar refractivity (Wildman–Crippen MR) is 175 cm³/mol. The van der Waals surface area contributed by atoms with Gasteiger partial charge in [0.05, 0.1) is 0 Å². The maximum atomic E-state index is 4.37. The molecular weight excluding hydrogens is 525 g/mol. The summed E-state index contributed by atoms with van der Waals surface area (Å²) in [7, 11) is 0. The first-order valence-corrected chi connectivity index (χ1v) is 15.0. The van der Waals surface area contributed by atoms with Gasteiger partial charge in [-0.2, -0.15) is 0 Å². The smallest absolute Gasteiger partial charge is 0.0476 e. The summed E-state index contributed by atoms with van der Waals surface area (Å²) in [5.41, 5.74) is 6.84. The molecule has 8 aromatic rings. The maximum absolute atomic E-state index is 4.37. The predicted octanol–water partition coefficient (Wildman–Crippen LogP) is 11.3. The van der Waals surface area contributed by atoms with E-state index in [1.54, 1.807) is 0 Å². The Kier molecular flexibility index (Phi) is 5.44. The first-order chi connectivity index (χ1) is 19.7. The van der Waals surface area contributed by atoms with E-state index in [1.165, 1.54) is 51.5 Å². The Morgan fingerprint density at radius 2 is 1.07 bits per heavy atom. The summed E-state index contributed by atoms with van der Waals surface area (Å²) < 4.78 is 5.26. The quantitative estimate of drug-likeness (QED) is 0.217. The van der Waals surface area contributed by atoms with Gasteiger partial charge in [0.1, 0.15) is 0 Å². The number of nitrogens with zero attached hydrogens (tertiary/aromatic N) is 2. The number of pyridine rings is 1. The number of benzene rings is 5. The average Bonchev–Trinajstić information content (AvgIpc) is 3.55. The molecule has 4 heteroatoms. The first kappa shape index (κ1) is 23.4. The van der Waals surface area contributed by atoms with Crippen molar-refractivity contribution in [2.75, 3.05) is 4.90 Å². The highest BCUT2D eigenvalue weighted by Crippen LogP contribution is 2.43. The van der Waals surface area contributed by atoms with E-state index in [9.17, 15) is 0 Å². The number of rotatable bonds is 4. The number of thiophene rings is 2. The van der Waals surface area contributed by atoms with Crippen molar-refractivity contribution in [1.29, 1.82) is 0 Å². The zero-order valence-electron chi connectivity index (χ0n) is 21.8. The second-order valence-electron chi connectivity index (χ2n) is 10.1. The fourth-order valence-electron chi connectivity index (χ4n) is 5.68. The Morgan fingerprint density at radius 1 is 0.475 bits per heavy atom. The summed E-state index contributed by atoms with van der Waals surface area (Å²) >= 11 is 3.72. The number of fused-ring (bicyclic) bond motifs is 6. The van der Waals surface area contributed by atoms with Crippen LogP contribution in [0, 0.1) is 6.92 Å². The molecule has 0 N–H and O–H groups in total. The van der Waals surface area contributed by atoms with E-state index in [2.05, 4.69) is 131 Å². The highest BCUT2D eigenvalue weighted by molar-refractivity contribution is 7.26. The van der Waals surface area contributed by atoms with Crippen LogP contribution in [-0.4, -0.2) is 4.98 Å². The molecule has 5 aromatic carbocycles. The summed E-state index contributed by atoms with van der Waals surface area (Å²) in [6, 6.07) is 44.3. The lowest BCUT2D eigenvalue weighted by Crippen LogP contribution is -2.09.